The summed E-state index contributed by atoms with van der Waals surface area (Å²) >= 11 is 0. The van der Waals surface area contributed by atoms with Gasteiger partial charge in [-0.25, -0.2) is 8.42 Å². The monoisotopic (exact) mass is 393 g/mol. The summed E-state index contributed by atoms with van der Waals surface area (Å²) in [6.07, 6.45) is 2.65. The molecular formula is C20H21F2NO3S. The van der Waals surface area contributed by atoms with Gasteiger partial charge in [-0.2, -0.15) is 8.78 Å². The van der Waals surface area contributed by atoms with Crippen molar-refractivity contribution in [2.45, 2.75) is 24.0 Å². The standard InChI is InChI=1S/C20H21F2NO3S/c1-2-26-18-9-5-3-7-16(18)15-11-13-23(14-12-15)17-8-4-6-10-19(17)27(24,25)20(21)22/h3-11,20H,2,12-14H2,1H3. The van der Waals surface area contributed by atoms with Crippen LogP contribution in [0.1, 0.15) is 18.9 Å². The molecule has 1 heterocycles. The molecule has 0 aromatic heterocycles. The maximum atomic E-state index is 13.0. The second-order valence-electron chi connectivity index (χ2n) is 6.13. The van der Waals surface area contributed by atoms with Crippen molar-refractivity contribution in [3.63, 3.8) is 0 Å². The van der Waals surface area contributed by atoms with E-state index in [1.54, 1.807) is 12.1 Å². The summed E-state index contributed by atoms with van der Waals surface area (Å²) in [6, 6.07) is 13.7. The average Bonchev–Trinajstić information content (AvgIpc) is 2.69. The van der Waals surface area contributed by atoms with E-state index in [1.807, 2.05) is 42.2 Å². The molecule has 0 unspecified atom stereocenters. The Balaban J connectivity index is 1.89. The molecule has 4 nitrogen and oxygen atoms in total. The number of benzene rings is 2. The molecule has 0 amide bonds. The summed E-state index contributed by atoms with van der Waals surface area (Å²) in [4.78, 5) is 1.48. The molecule has 1 aliphatic heterocycles. The van der Waals surface area contributed by atoms with Gasteiger partial charge in [0.05, 0.1) is 17.2 Å². The van der Waals surface area contributed by atoms with Crippen LogP contribution in [-0.2, 0) is 9.84 Å². The fraction of sp³-hybridized carbons (Fsp3) is 0.300. The summed E-state index contributed by atoms with van der Waals surface area (Å²) in [5.41, 5.74) is 2.42. The van der Waals surface area contributed by atoms with Crippen LogP contribution in [-0.4, -0.2) is 33.9 Å². The molecule has 7 heteroatoms. The van der Waals surface area contributed by atoms with Crippen LogP contribution in [0.4, 0.5) is 14.5 Å². The number of alkyl halides is 2. The maximum absolute atomic E-state index is 13.0. The van der Waals surface area contributed by atoms with Gasteiger partial charge in [0.2, 0.25) is 9.84 Å². The minimum atomic E-state index is -4.65. The Morgan fingerprint density at radius 1 is 1.11 bits per heavy atom. The third-order valence-electron chi connectivity index (χ3n) is 4.49. The smallest absolute Gasteiger partial charge is 0.341 e. The zero-order chi connectivity index (χ0) is 19.4. The Labute approximate surface area is 158 Å². The fourth-order valence-corrected chi connectivity index (χ4v) is 4.15. The molecule has 0 aliphatic carbocycles. The second-order valence-corrected chi connectivity index (χ2v) is 8.01. The van der Waals surface area contributed by atoms with Gasteiger partial charge in [0.25, 0.3) is 0 Å². The van der Waals surface area contributed by atoms with Crippen LogP contribution < -0.4 is 9.64 Å². The van der Waals surface area contributed by atoms with Crippen molar-refractivity contribution in [3.05, 3.63) is 60.2 Å². The van der Waals surface area contributed by atoms with Gasteiger partial charge in [-0.1, -0.05) is 36.4 Å². The van der Waals surface area contributed by atoms with Gasteiger partial charge in [-0.15, -0.1) is 0 Å². The number of para-hydroxylation sites is 2. The highest BCUT2D eigenvalue weighted by Crippen LogP contribution is 2.34. The first-order valence-electron chi connectivity index (χ1n) is 8.72. The second kappa shape index (κ2) is 8.08. The number of sulfone groups is 1. The van der Waals surface area contributed by atoms with Gasteiger partial charge in [0.1, 0.15) is 5.75 Å². The van der Waals surface area contributed by atoms with E-state index in [4.69, 9.17) is 4.74 Å². The van der Waals surface area contributed by atoms with Gasteiger partial charge in [0, 0.05) is 18.7 Å². The molecule has 1 aliphatic rings. The number of hydrogen-bond donors (Lipinski definition) is 0. The van der Waals surface area contributed by atoms with Crippen LogP contribution in [0.25, 0.3) is 5.57 Å². The molecule has 144 valence electrons. The quantitative estimate of drug-likeness (QED) is 0.731. The van der Waals surface area contributed by atoms with Crippen molar-refractivity contribution in [2.24, 2.45) is 0 Å². The minimum Gasteiger partial charge on any atom is -0.493 e. The third-order valence-corrected chi connectivity index (χ3v) is 5.92. The Kier molecular flexibility index (Phi) is 5.79. The van der Waals surface area contributed by atoms with Crippen LogP contribution in [0.2, 0.25) is 0 Å². The summed E-state index contributed by atoms with van der Waals surface area (Å²) in [6.45, 7) is 3.46. The predicted molar refractivity (Wildman–Crippen MR) is 102 cm³/mol. The lowest BCUT2D eigenvalue weighted by molar-refractivity contribution is 0.235. The first kappa shape index (κ1) is 19.4. The van der Waals surface area contributed by atoms with E-state index in [0.717, 1.165) is 16.9 Å². The largest absolute Gasteiger partial charge is 0.493 e. The molecule has 27 heavy (non-hydrogen) atoms. The van der Waals surface area contributed by atoms with Crippen molar-refractivity contribution >= 4 is 21.1 Å². The molecule has 0 saturated carbocycles. The summed E-state index contributed by atoms with van der Waals surface area (Å²) < 4.78 is 55.7. The van der Waals surface area contributed by atoms with Gasteiger partial charge in [-0.3, -0.25) is 0 Å². The number of rotatable bonds is 6. The summed E-state index contributed by atoms with van der Waals surface area (Å²) in [5, 5.41) is 0. The van der Waals surface area contributed by atoms with Gasteiger partial charge in [0.15, 0.2) is 0 Å². The summed E-state index contributed by atoms with van der Waals surface area (Å²) in [5.74, 6) is -2.63. The van der Waals surface area contributed by atoms with Crippen molar-refractivity contribution in [2.75, 3.05) is 24.6 Å². The van der Waals surface area contributed by atoms with Crippen LogP contribution in [0.15, 0.2) is 59.5 Å². The van der Waals surface area contributed by atoms with Crippen LogP contribution in [0.3, 0.4) is 0 Å². The molecule has 0 radical (unpaired) electrons. The van der Waals surface area contributed by atoms with Crippen LogP contribution >= 0.6 is 0 Å². The van der Waals surface area contributed by atoms with Crippen molar-refractivity contribution < 1.29 is 21.9 Å². The number of nitrogens with zero attached hydrogens (tertiary/aromatic N) is 1. The van der Waals surface area contributed by atoms with E-state index in [2.05, 4.69) is 0 Å². The number of anilines is 1. The average molecular weight is 393 g/mol. The Hall–Kier alpha value is -2.41. The highest BCUT2D eigenvalue weighted by Gasteiger charge is 2.31. The molecule has 0 spiro atoms. The van der Waals surface area contributed by atoms with Crippen molar-refractivity contribution in [3.8, 4) is 5.75 Å². The first-order valence-corrected chi connectivity index (χ1v) is 10.3. The van der Waals surface area contributed by atoms with Gasteiger partial charge < -0.3 is 9.64 Å². The number of ether oxygens (including phenoxy) is 1. The predicted octanol–water partition coefficient (Wildman–Crippen LogP) is 4.38. The van der Waals surface area contributed by atoms with E-state index in [-0.39, 0.29) is 4.90 Å². The highest BCUT2D eigenvalue weighted by atomic mass is 32.2. The maximum Gasteiger partial charge on any atom is 0.341 e. The topological polar surface area (TPSA) is 46.6 Å². The molecular weight excluding hydrogens is 372 g/mol. The lowest BCUT2D eigenvalue weighted by Gasteiger charge is -2.30. The van der Waals surface area contributed by atoms with Gasteiger partial charge >= 0.3 is 5.76 Å². The van der Waals surface area contributed by atoms with E-state index in [9.17, 15) is 17.2 Å². The molecule has 0 bridgehead atoms. The van der Waals surface area contributed by atoms with Gasteiger partial charge in [-0.05, 0) is 37.1 Å². The summed E-state index contributed by atoms with van der Waals surface area (Å²) in [7, 11) is -4.65. The Morgan fingerprint density at radius 3 is 2.48 bits per heavy atom. The zero-order valence-electron chi connectivity index (χ0n) is 14.9. The SMILES string of the molecule is CCOc1ccccc1C1=CCN(c2ccccc2S(=O)(=O)C(F)F)CC1. The molecule has 3 rings (SSSR count). The van der Waals surface area contributed by atoms with E-state index >= 15 is 0 Å². The molecule has 2 aromatic rings. The lowest BCUT2D eigenvalue weighted by Crippen LogP contribution is -2.30. The van der Waals surface area contributed by atoms with Crippen LogP contribution in [0.5, 0.6) is 5.75 Å². The molecule has 0 saturated heterocycles. The molecule has 2 aromatic carbocycles. The number of halogens is 2. The van der Waals surface area contributed by atoms with E-state index < -0.39 is 15.6 Å². The van der Waals surface area contributed by atoms with Crippen molar-refractivity contribution in [1.29, 1.82) is 0 Å². The Bertz CT molecular complexity index is 942. The number of hydrogen-bond acceptors (Lipinski definition) is 4. The van der Waals surface area contributed by atoms with E-state index in [1.165, 1.54) is 12.1 Å². The van der Waals surface area contributed by atoms with E-state index in [0.29, 0.717) is 31.8 Å². The van der Waals surface area contributed by atoms with Crippen molar-refractivity contribution in [1.82, 2.24) is 0 Å². The fourth-order valence-electron chi connectivity index (χ4n) is 3.20. The normalized spacial score (nSPS) is 15.0. The Morgan fingerprint density at radius 2 is 1.81 bits per heavy atom. The first-order chi connectivity index (χ1) is 12.9. The van der Waals surface area contributed by atoms with Crippen LogP contribution in [0, 0.1) is 0 Å². The highest BCUT2D eigenvalue weighted by molar-refractivity contribution is 7.91. The lowest BCUT2D eigenvalue weighted by atomic mass is 9.98. The zero-order valence-corrected chi connectivity index (χ0v) is 15.8. The third kappa shape index (κ3) is 3.98. The molecule has 0 atom stereocenters. The minimum absolute atomic E-state index is 0.311. The molecule has 0 fully saturated rings. The molecule has 0 N–H and O–H groups in total.